The van der Waals surface area contributed by atoms with E-state index >= 15 is 0 Å². The van der Waals surface area contributed by atoms with Gasteiger partial charge in [-0.2, -0.15) is 0 Å². The number of carbonyl (C=O) groups excluding carboxylic acids is 3. The van der Waals surface area contributed by atoms with E-state index in [1.54, 1.807) is 0 Å². The molecule has 0 saturated heterocycles. The molecule has 0 aromatic rings. The van der Waals surface area contributed by atoms with Gasteiger partial charge in [0.05, 0.1) is 0 Å². The molecule has 1 unspecified atom stereocenters. The lowest BCUT2D eigenvalue weighted by molar-refractivity contribution is -0.167. The van der Waals surface area contributed by atoms with Crippen LogP contribution in [0.2, 0.25) is 0 Å². The minimum atomic E-state index is -0.783. The summed E-state index contributed by atoms with van der Waals surface area (Å²) in [5, 5.41) is 0. The molecule has 0 spiro atoms. The first-order valence-electron chi connectivity index (χ1n) is 37.1. The molecule has 6 heteroatoms. The monoisotopic (exact) mass is 1160 g/mol. The second kappa shape index (κ2) is 71.8. The number of hydrogen-bond donors (Lipinski definition) is 0. The quantitative estimate of drug-likeness (QED) is 0.0261. The summed E-state index contributed by atoms with van der Waals surface area (Å²) in [6.07, 6.45) is 91.7. The Morgan fingerprint density at radius 1 is 0.241 bits per heavy atom. The van der Waals surface area contributed by atoms with Crippen LogP contribution in [0.4, 0.5) is 0 Å². The summed E-state index contributed by atoms with van der Waals surface area (Å²) in [4.78, 5) is 38.4. The SMILES string of the molecule is CCC/C=C\C/C=C\CCCCCCCC(=O)OCC(COC(=O)CCCCCCCCCCCCCCCCCCCCCCCCCCCCCCCCCCCC)OC(=O)CCCCCCCCC/C=C\C/C=C\CCCCCC. The number of rotatable bonds is 69. The molecule has 0 amide bonds. The Morgan fingerprint density at radius 2 is 0.458 bits per heavy atom. The normalized spacial score (nSPS) is 12.3. The van der Waals surface area contributed by atoms with Crippen LogP contribution in [0.15, 0.2) is 48.6 Å². The van der Waals surface area contributed by atoms with Gasteiger partial charge >= 0.3 is 17.9 Å². The van der Waals surface area contributed by atoms with Gasteiger partial charge in [-0.15, -0.1) is 0 Å². The molecule has 83 heavy (non-hydrogen) atoms. The number of carbonyl (C=O) groups is 3. The minimum Gasteiger partial charge on any atom is -0.462 e. The van der Waals surface area contributed by atoms with Gasteiger partial charge < -0.3 is 14.2 Å². The summed E-state index contributed by atoms with van der Waals surface area (Å²) >= 11 is 0. The van der Waals surface area contributed by atoms with Crippen molar-refractivity contribution in [3.63, 3.8) is 0 Å². The summed E-state index contributed by atoms with van der Waals surface area (Å²) < 4.78 is 17.0. The van der Waals surface area contributed by atoms with Crippen molar-refractivity contribution in [2.45, 2.75) is 412 Å². The van der Waals surface area contributed by atoms with Crippen LogP contribution in [0.3, 0.4) is 0 Å². The Morgan fingerprint density at radius 3 is 0.723 bits per heavy atom. The zero-order valence-electron chi connectivity index (χ0n) is 56.0. The zero-order chi connectivity index (χ0) is 59.9. The lowest BCUT2D eigenvalue weighted by Gasteiger charge is -2.18. The van der Waals surface area contributed by atoms with Gasteiger partial charge in [-0.3, -0.25) is 14.4 Å². The molecular weight excluding hydrogens is 1020 g/mol. The third kappa shape index (κ3) is 70.0. The fourth-order valence-corrected chi connectivity index (χ4v) is 11.2. The van der Waals surface area contributed by atoms with Crippen molar-refractivity contribution in [2.75, 3.05) is 13.2 Å². The second-order valence-corrected chi connectivity index (χ2v) is 25.2. The molecule has 0 radical (unpaired) electrons. The largest absolute Gasteiger partial charge is 0.462 e. The molecule has 0 aliphatic heterocycles. The first-order valence-corrected chi connectivity index (χ1v) is 37.1. The van der Waals surface area contributed by atoms with Crippen LogP contribution < -0.4 is 0 Å². The predicted molar refractivity (Wildman–Crippen MR) is 362 cm³/mol. The van der Waals surface area contributed by atoms with Crippen molar-refractivity contribution in [1.29, 1.82) is 0 Å². The molecule has 6 nitrogen and oxygen atoms in total. The van der Waals surface area contributed by atoms with Crippen molar-refractivity contribution < 1.29 is 28.6 Å². The van der Waals surface area contributed by atoms with E-state index in [1.807, 2.05) is 0 Å². The summed E-state index contributed by atoms with van der Waals surface area (Å²) in [6, 6.07) is 0. The van der Waals surface area contributed by atoms with Crippen molar-refractivity contribution in [3.05, 3.63) is 48.6 Å². The fraction of sp³-hybridized carbons (Fsp3) is 0.857. The van der Waals surface area contributed by atoms with E-state index in [0.29, 0.717) is 19.3 Å². The molecule has 0 aromatic carbocycles. The number of esters is 3. The molecule has 0 aromatic heterocycles. The Kier molecular flexibility index (Phi) is 69.6. The molecule has 0 aliphatic rings. The van der Waals surface area contributed by atoms with Crippen molar-refractivity contribution in [3.8, 4) is 0 Å². The van der Waals surface area contributed by atoms with Gasteiger partial charge in [-0.25, -0.2) is 0 Å². The molecule has 0 aliphatic carbocycles. The van der Waals surface area contributed by atoms with E-state index in [4.69, 9.17) is 14.2 Å². The smallest absolute Gasteiger partial charge is 0.306 e. The molecule has 0 N–H and O–H groups in total. The average Bonchev–Trinajstić information content (AvgIpc) is 3.50. The maximum atomic E-state index is 12.9. The highest BCUT2D eigenvalue weighted by Crippen LogP contribution is 2.19. The Balaban J connectivity index is 4.10. The summed E-state index contributed by atoms with van der Waals surface area (Å²) in [6.45, 7) is 6.61. The van der Waals surface area contributed by atoms with Gasteiger partial charge in [0, 0.05) is 19.3 Å². The maximum absolute atomic E-state index is 12.9. The second-order valence-electron chi connectivity index (χ2n) is 25.2. The molecule has 486 valence electrons. The molecule has 0 bridgehead atoms. The highest BCUT2D eigenvalue weighted by Gasteiger charge is 2.19. The summed E-state index contributed by atoms with van der Waals surface area (Å²) in [7, 11) is 0. The molecule has 0 heterocycles. The van der Waals surface area contributed by atoms with E-state index in [-0.39, 0.29) is 31.1 Å². The number of ether oxygens (including phenoxy) is 3. The van der Waals surface area contributed by atoms with Gasteiger partial charge in [0.25, 0.3) is 0 Å². The Hall–Kier alpha value is -2.63. The molecule has 0 saturated carbocycles. The fourth-order valence-electron chi connectivity index (χ4n) is 11.2. The van der Waals surface area contributed by atoms with Crippen molar-refractivity contribution in [2.24, 2.45) is 0 Å². The minimum absolute atomic E-state index is 0.0774. The van der Waals surface area contributed by atoms with Gasteiger partial charge in [-0.1, -0.05) is 358 Å². The van der Waals surface area contributed by atoms with Crippen LogP contribution in [-0.4, -0.2) is 37.2 Å². The van der Waals surface area contributed by atoms with Crippen LogP contribution in [0.25, 0.3) is 0 Å². The van der Waals surface area contributed by atoms with Crippen LogP contribution in [0, 0.1) is 0 Å². The molecule has 0 fully saturated rings. The van der Waals surface area contributed by atoms with Gasteiger partial charge in [0.1, 0.15) is 13.2 Å². The summed E-state index contributed by atoms with van der Waals surface area (Å²) in [5.41, 5.74) is 0. The summed E-state index contributed by atoms with van der Waals surface area (Å²) in [5.74, 6) is -0.876. The van der Waals surface area contributed by atoms with Crippen LogP contribution in [-0.2, 0) is 28.6 Å². The lowest BCUT2D eigenvalue weighted by atomic mass is 10.0. The van der Waals surface area contributed by atoms with E-state index in [0.717, 1.165) is 96.3 Å². The van der Waals surface area contributed by atoms with Crippen molar-refractivity contribution in [1.82, 2.24) is 0 Å². The van der Waals surface area contributed by atoms with E-state index in [9.17, 15) is 14.4 Å². The predicted octanol–water partition coefficient (Wildman–Crippen LogP) is 25.7. The van der Waals surface area contributed by atoms with Crippen LogP contribution >= 0.6 is 0 Å². The first kappa shape index (κ1) is 80.4. The highest BCUT2D eigenvalue weighted by atomic mass is 16.6. The standard InChI is InChI=1S/C77H142O6/c1-4-7-10-13-16-19-22-25-27-29-31-32-33-34-35-36-37-38-39-40-41-42-43-44-45-46-48-49-52-55-58-61-64-67-70-76(79)82-73-74(72-81-75(78)69-66-63-60-57-54-51-24-21-18-15-12-9-6-3)83-77(80)71-68-65-62-59-56-53-50-47-30-28-26-23-20-17-14-11-8-5-2/h12,15,20-21,23-24,28,30,74H,4-11,13-14,16-19,22,25-27,29,31-73H2,1-3H3/b15-12-,23-20-,24-21-,30-28-. The van der Waals surface area contributed by atoms with E-state index in [2.05, 4.69) is 69.4 Å². The first-order chi connectivity index (χ1) is 41.0. The van der Waals surface area contributed by atoms with E-state index in [1.165, 1.54) is 270 Å². The lowest BCUT2D eigenvalue weighted by Crippen LogP contribution is -2.30. The van der Waals surface area contributed by atoms with Gasteiger partial charge in [0.15, 0.2) is 6.10 Å². The zero-order valence-corrected chi connectivity index (χ0v) is 56.0. The third-order valence-corrected chi connectivity index (χ3v) is 16.8. The number of unbranched alkanes of at least 4 members (excludes halogenated alkanes) is 50. The molecule has 0 rings (SSSR count). The van der Waals surface area contributed by atoms with E-state index < -0.39 is 6.10 Å². The topological polar surface area (TPSA) is 78.9 Å². The molecular formula is C77H142O6. The Bertz CT molecular complexity index is 1430. The van der Waals surface area contributed by atoms with Crippen molar-refractivity contribution >= 4 is 17.9 Å². The van der Waals surface area contributed by atoms with Gasteiger partial charge in [0.2, 0.25) is 0 Å². The number of hydrogen-bond acceptors (Lipinski definition) is 6. The average molecular weight is 1160 g/mol. The van der Waals surface area contributed by atoms with Crippen LogP contribution in [0.1, 0.15) is 406 Å². The highest BCUT2D eigenvalue weighted by molar-refractivity contribution is 5.71. The third-order valence-electron chi connectivity index (χ3n) is 16.8. The van der Waals surface area contributed by atoms with Crippen LogP contribution in [0.5, 0.6) is 0 Å². The molecule has 1 atom stereocenters. The van der Waals surface area contributed by atoms with Gasteiger partial charge in [-0.05, 0) is 77.0 Å². The Labute approximate surface area is 518 Å². The maximum Gasteiger partial charge on any atom is 0.306 e. The number of allylic oxidation sites excluding steroid dienone is 8.